The molecule has 7 heteroatoms. The lowest BCUT2D eigenvalue weighted by molar-refractivity contribution is 0.592. The predicted molar refractivity (Wildman–Crippen MR) is 86.1 cm³/mol. The molecule has 0 saturated heterocycles. The summed E-state index contributed by atoms with van der Waals surface area (Å²) in [6.45, 7) is 6.60. The van der Waals surface area contributed by atoms with Crippen LogP contribution in [0.5, 0.6) is 0 Å². The van der Waals surface area contributed by atoms with E-state index in [1.807, 2.05) is 6.92 Å². The Labute approximate surface area is 129 Å². The zero-order valence-electron chi connectivity index (χ0n) is 12.3. The van der Waals surface area contributed by atoms with Gasteiger partial charge in [-0.3, -0.25) is 9.71 Å². The first kappa shape index (κ1) is 15.9. The summed E-state index contributed by atoms with van der Waals surface area (Å²) in [4.78, 5) is 5.24. The number of pyridine rings is 1. The van der Waals surface area contributed by atoms with E-state index < -0.39 is 10.0 Å². The van der Waals surface area contributed by atoms with Gasteiger partial charge in [-0.25, -0.2) is 8.42 Å². The number of thiophene rings is 1. The average Bonchev–Trinajstić information content (AvgIpc) is 2.88. The van der Waals surface area contributed by atoms with Gasteiger partial charge in [-0.2, -0.15) is 0 Å². The summed E-state index contributed by atoms with van der Waals surface area (Å²) < 4.78 is 27.3. The molecule has 0 fully saturated rings. The van der Waals surface area contributed by atoms with Gasteiger partial charge in [0, 0.05) is 35.2 Å². The van der Waals surface area contributed by atoms with Crippen molar-refractivity contribution in [2.75, 3.05) is 4.72 Å². The minimum absolute atomic E-state index is 0.296. The van der Waals surface area contributed by atoms with Crippen LogP contribution in [-0.4, -0.2) is 19.4 Å². The van der Waals surface area contributed by atoms with E-state index in [1.54, 1.807) is 29.9 Å². The SMILES string of the molecule is Cc1cnccc1NS(=O)(=O)c1csc(CNC(C)C)c1. The van der Waals surface area contributed by atoms with Crippen LogP contribution in [0, 0.1) is 6.92 Å². The fourth-order valence-electron chi connectivity index (χ4n) is 1.69. The molecule has 0 aliphatic rings. The lowest BCUT2D eigenvalue weighted by Crippen LogP contribution is -2.21. The molecular formula is C14H19N3O2S2. The first-order valence-electron chi connectivity index (χ1n) is 6.62. The summed E-state index contributed by atoms with van der Waals surface area (Å²) >= 11 is 1.44. The topological polar surface area (TPSA) is 71.1 Å². The molecule has 0 saturated carbocycles. The number of nitrogens with zero attached hydrogens (tertiary/aromatic N) is 1. The molecule has 0 aliphatic carbocycles. The van der Waals surface area contributed by atoms with E-state index in [4.69, 9.17) is 0 Å². The molecule has 0 unspecified atom stereocenters. The number of nitrogens with one attached hydrogen (secondary N) is 2. The highest BCUT2D eigenvalue weighted by molar-refractivity contribution is 7.92. The van der Waals surface area contributed by atoms with Crippen LogP contribution >= 0.6 is 11.3 Å². The fourth-order valence-corrected chi connectivity index (χ4v) is 4.05. The third-order valence-electron chi connectivity index (χ3n) is 2.89. The molecule has 2 heterocycles. The molecule has 2 rings (SSSR count). The van der Waals surface area contributed by atoms with E-state index in [0.717, 1.165) is 10.4 Å². The minimum Gasteiger partial charge on any atom is -0.310 e. The Balaban J connectivity index is 2.15. The lowest BCUT2D eigenvalue weighted by atomic mass is 10.3. The summed E-state index contributed by atoms with van der Waals surface area (Å²) in [6.07, 6.45) is 3.19. The number of aryl methyl sites for hydroxylation is 1. The van der Waals surface area contributed by atoms with E-state index in [-0.39, 0.29) is 0 Å². The maximum atomic E-state index is 12.4. The molecule has 0 spiro atoms. The van der Waals surface area contributed by atoms with Crippen LogP contribution in [0.2, 0.25) is 0 Å². The van der Waals surface area contributed by atoms with Crippen molar-refractivity contribution in [3.8, 4) is 0 Å². The van der Waals surface area contributed by atoms with Gasteiger partial charge in [-0.1, -0.05) is 13.8 Å². The van der Waals surface area contributed by atoms with Gasteiger partial charge in [0.1, 0.15) is 0 Å². The summed E-state index contributed by atoms with van der Waals surface area (Å²) in [6, 6.07) is 3.73. The van der Waals surface area contributed by atoms with Crippen molar-refractivity contribution in [2.24, 2.45) is 0 Å². The van der Waals surface area contributed by atoms with Gasteiger partial charge in [-0.05, 0) is 24.6 Å². The molecule has 0 radical (unpaired) electrons. The third-order valence-corrected chi connectivity index (χ3v) is 5.32. The van der Waals surface area contributed by atoms with E-state index in [9.17, 15) is 8.42 Å². The molecule has 2 N–H and O–H groups in total. The van der Waals surface area contributed by atoms with Crippen molar-refractivity contribution in [1.82, 2.24) is 10.3 Å². The smallest absolute Gasteiger partial charge is 0.262 e. The Hall–Kier alpha value is -1.44. The van der Waals surface area contributed by atoms with Crippen molar-refractivity contribution in [1.29, 1.82) is 0 Å². The first-order chi connectivity index (χ1) is 9.88. The Morgan fingerprint density at radius 1 is 1.38 bits per heavy atom. The van der Waals surface area contributed by atoms with Crippen LogP contribution in [0.15, 0.2) is 34.8 Å². The summed E-state index contributed by atoms with van der Waals surface area (Å²) in [7, 11) is -3.55. The van der Waals surface area contributed by atoms with Gasteiger partial charge in [0.15, 0.2) is 0 Å². The molecule has 21 heavy (non-hydrogen) atoms. The number of rotatable bonds is 6. The number of hydrogen-bond donors (Lipinski definition) is 2. The summed E-state index contributed by atoms with van der Waals surface area (Å²) in [5, 5.41) is 4.94. The number of hydrogen-bond acceptors (Lipinski definition) is 5. The highest BCUT2D eigenvalue weighted by Gasteiger charge is 2.17. The minimum atomic E-state index is -3.55. The van der Waals surface area contributed by atoms with Gasteiger partial charge in [0.25, 0.3) is 10.0 Å². The van der Waals surface area contributed by atoms with Gasteiger partial charge < -0.3 is 5.32 Å². The maximum Gasteiger partial charge on any atom is 0.262 e. The monoisotopic (exact) mass is 325 g/mol. The zero-order valence-corrected chi connectivity index (χ0v) is 13.9. The molecule has 0 aromatic carbocycles. The zero-order chi connectivity index (χ0) is 15.5. The highest BCUT2D eigenvalue weighted by Crippen LogP contribution is 2.23. The number of aromatic nitrogens is 1. The van der Waals surface area contributed by atoms with Gasteiger partial charge in [0.05, 0.1) is 10.6 Å². The Kier molecular flexibility index (Phi) is 4.97. The average molecular weight is 325 g/mol. The molecule has 114 valence electrons. The van der Waals surface area contributed by atoms with Crippen LogP contribution in [0.4, 0.5) is 5.69 Å². The number of sulfonamides is 1. The van der Waals surface area contributed by atoms with Gasteiger partial charge in [-0.15, -0.1) is 11.3 Å². The molecular weight excluding hydrogens is 306 g/mol. The molecule has 5 nitrogen and oxygen atoms in total. The van der Waals surface area contributed by atoms with Crippen LogP contribution in [-0.2, 0) is 16.6 Å². The Bertz CT molecular complexity index is 709. The fraction of sp³-hybridized carbons (Fsp3) is 0.357. The van der Waals surface area contributed by atoms with Crippen molar-refractivity contribution < 1.29 is 8.42 Å². The summed E-state index contributed by atoms with van der Waals surface area (Å²) in [5.74, 6) is 0. The van der Waals surface area contributed by atoms with Crippen molar-refractivity contribution in [3.05, 3.63) is 40.3 Å². The Morgan fingerprint density at radius 2 is 2.14 bits per heavy atom. The van der Waals surface area contributed by atoms with E-state index in [1.165, 1.54) is 11.3 Å². The molecule has 0 atom stereocenters. The van der Waals surface area contributed by atoms with E-state index in [0.29, 0.717) is 23.2 Å². The molecule has 0 amide bonds. The van der Waals surface area contributed by atoms with Crippen molar-refractivity contribution in [2.45, 2.75) is 38.3 Å². The first-order valence-corrected chi connectivity index (χ1v) is 8.99. The molecule has 0 bridgehead atoms. The standard InChI is InChI=1S/C14H19N3O2S2/c1-10(2)16-8-12-6-13(9-20-12)21(18,19)17-14-4-5-15-7-11(14)3/h4-7,9-10,16H,8H2,1-3H3,(H,15,17). The predicted octanol–water partition coefficient (Wildman–Crippen LogP) is 2.75. The lowest BCUT2D eigenvalue weighted by Gasteiger charge is -2.08. The van der Waals surface area contributed by atoms with E-state index >= 15 is 0 Å². The largest absolute Gasteiger partial charge is 0.310 e. The molecule has 2 aromatic rings. The number of anilines is 1. The molecule has 2 aromatic heterocycles. The van der Waals surface area contributed by atoms with E-state index in [2.05, 4.69) is 28.9 Å². The Morgan fingerprint density at radius 3 is 2.81 bits per heavy atom. The maximum absolute atomic E-state index is 12.4. The molecule has 0 aliphatic heterocycles. The van der Waals surface area contributed by atoms with Crippen molar-refractivity contribution in [3.63, 3.8) is 0 Å². The summed E-state index contributed by atoms with van der Waals surface area (Å²) in [5.41, 5.74) is 1.34. The van der Waals surface area contributed by atoms with Crippen LogP contribution < -0.4 is 10.0 Å². The van der Waals surface area contributed by atoms with Crippen LogP contribution in [0.1, 0.15) is 24.3 Å². The highest BCUT2D eigenvalue weighted by atomic mass is 32.2. The third kappa shape index (κ3) is 4.26. The van der Waals surface area contributed by atoms with Crippen LogP contribution in [0.3, 0.4) is 0 Å². The quantitative estimate of drug-likeness (QED) is 0.857. The van der Waals surface area contributed by atoms with Gasteiger partial charge in [0.2, 0.25) is 0 Å². The van der Waals surface area contributed by atoms with Crippen LogP contribution in [0.25, 0.3) is 0 Å². The van der Waals surface area contributed by atoms with Gasteiger partial charge >= 0.3 is 0 Å². The second-order valence-corrected chi connectivity index (χ2v) is 7.76. The second-order valence-electron chi connectivity index (χ2n) is 5.08. The van der Waals surface area contributed by atoms with Crippen molar-refractivity contribution >= 4 is 27.0 Å². The normalized spacial score (nSPS) is 11.8. The second kappa shape index (κ2) is 6.55.